The third-order valence-electron chi connectivity index (χ3n) is 5.60. The van der Waals surface area contributed by atoms with E-state index in [0.29, 0.717) is 16.7 Å². The molecular weight excluding hydrogens is 476 g/mol. The lowest BCUT2D eigenvalue weighted by atomic mass is 9.78. The van der Waals surface area contributed by atoms with Gasteiger partial charge in [0.1, 0.15) is 18.4 Å². The van der Waals surface area contributed by atoms with Gasteiger partial charge < -0.3 is 24.2 Å². The van der Waals surface area contributed by atoms with E-state index < -0.39 is 47.0 Å². The molecule has 1 amide bonds. The van der Waals surface area contributed by atoms with Crippen molar-refractivity contribution in [2.24, 2.45) is 5.92 Å². The number of carbonyl (C=O) groups excluding carboxylic acids is 3. The number of likely N-dealkylation sites (tertiary alicyclic amines) is 1. The van der Waals surface area contributed by atoms with Gasteiger partial charge in [0.2, 0.25) is 5.91 Å². The number of allylic oxidation sites excluding steroid dienone is 1. The molecule has 0 aliphatic carbocycles. The minimum absolute atomic E-state index is 0.0844. The van der Waals surface area contributed by atoms with Gasteiger partial charge in [-0.05, 0) is 50.5 Å². The first-order chi connectivity index (χ1) is 16.9. The number of nitro benzene ring substituents is 1. The van der Waals surface area contributed by atoms with Crippen LogP contribution in [0.1, 0.15) is 39.2 Å². The number of non-ortho nitro benzene ring substituents is 1. The van der Waals surface area contributed by atoms with Crippen LogP contribution in [0, 0.1) is 16.0 Å². The van der Waals surface area contributed by atoms with E-state index in [1.807, 2.05) is 0 Å². The van der Waals surface area contributed by atoms with E-state index in [0.717, 1.165) is 4.90 Å². The number of ether oxygens (including phenoxy) is 3. The summed E-state index contributed by atoms with van der Waals surface area (Å²) in [6.45, 7) is 8.21. The molecule has 1 aromatic carbocycles. The van der Waals surface area contributed by atoms with Crippen LogP contribution in [0.15, 0.2) is 47.7 Å². The number of aliphatic carboxylic acids is 1. The van der Waals surface area contributed by atoms with E-state index in [9.17, 15) is 34.4 Å². The van der Waals surface area contributed by atoms with Crippen molar-refractivity contribution < 1.29 is 43.4 Å². The maximum Gasteiger partial charge on any atom is 0.508 e. The maximum absolute atomic E-state index is 13.0. The Bertz CT molecular complexity index is 1090. The fourth-order valence-corrected chi connectivity index (χ4v) is 3.89. The highest BCUT2D eigenvalue weighted by Crippen LogP contribution is 2.39. The zero-order valence-electron chi connectivity index (χ0n) is 20.4. The molecule has 1 aliphatic rings. The summed E-state index contributed by atoms with van der Waals surface area (Å²) in [6, 6.07) is 4.66. The average molecular weight is 504 g/mol. The normalized spacial score (nSPS) is 17.3. The van der Waals surface area contributed by atoms with Crippen LogP contribution in [0.4, 0.5) is 10.5 Å². The molecule has 1 fully saturated rings. The summed E-state index contributed by atoms with van der Waals surface area (Å²) in [5, 5.41) is 20.4. The number of nitro groups is 1. The van der Waals surface area contributed by atoms with E-state index in [-0.39, 0.29) is 30.8 Å². The van der Waals surface area contributed by atoms with Gasteiger partial charge in [-0.1, -0.05) is 12.2 Å². The van der Waals surface area contributed by atoms with Gasteiger partial charge in [0.25, 0.3) is 5.69 Å². The van der Waals surface area contributed by atoms with Gasteiger partial charge >= 0.3 is 18.1 Å². The predicted molar refractivity (Wildman–Crippen MR) is 124 cm³/mol. The summed E-state index contributed by atoms with van der Waals surface area (Å²) in [5.74, 6) is -3.28. The van der Waals surface area contributed by atoms with Crippen LogP contribution in [0.3, 0.4) is 0 Å². The monoisotopic (exact) mass is 504 g/mol. The molecule has 12 heteroatoms. The number of benzene rings is 1. The molecule has 1 N–H and O–H groups in total. The topological polar surface area (TPSA) is 163 Å². The second-order valence-electron chi connectivity index (χ2n) is 8.45. The number of hydrogen-bond donors (Lipinski definition) is 1. The molecule has 0 bridgehead atoms. The molecular formula is C24H28N2O10. The Hall–Kier alpha value is -4.22. The van der Waals surface area contributed by atoms with Crippen LogP contribution in [-0.4, -0.2) is 58.2 Å². The van der Waals surface area contributed by atoms with Crippen molar-refractivity contribution in [2.75, 3.05) is 7.11 Å². The Morgan fingerprint density at radius 1 is 1.22 bits per heavy atom. The lowest BCUT2D eigenvalue weighted by Crippen LogP contribution is -2.65. The largest absolute Gasteiger partial charge is 0.508 e. The van der Waals surface area contributed by atoms with Crippen molar-refractivity contribution in [2.45, 2.75) is 52.4 Å². The number of amides is 1. The van der Waals surface area contributed by atoms with Gasteiger partial charge in [-0.2, -0.15) is 0 Å². The highest BCUT2D eigenvalue weighted by molar-refractivity contribution is 5.98. The first kappa shape index (κ1) is 28.0. The lowest BCUT2D eigenvalue weighted by Gasteiger charge is -2.49. The van der Waals surface area contributed by atoms with Gasteiger partial charge in [-0.25, -0.2) is 9.59 Å². The number of carbonyl (C=O) groups is 4. The molecule has 3 atom stereocenters. The van der Waals surface area contributed by atoms with Crippen LogP contribution in [0.25, 0.3) is 0 Å². The third-order valence-corrected chi connectivity index (χ3v) is 5.60. The first-order valence-electron chi connectivity index (χ1n) is 10.9. The molecule has 1 aliphatic heterocycles. The van der Waals surface area contributed by atoms with Crippen LogP contribution in [0.5, 0.6) is 0 Å². The van der Waals surface area contributed by atoms with E-state index in [1.165, 1.54) is 38.3 Å². The Kier molecular flexibility index (Phi) is 9.31. The number of carboxylic acids is 1. The molecule has 0 radical (unpaired) electrons. The van der Waals surface area contributed by atoms with Crippen LogP contribution >= 0.6 is 0 Å². The molecule has 2 rings (SSSR count). The summed E-state index contributed by atoms with van der Waals surface area (Å²) in [7, 11) is 1.22. The molecule has 0 saturated carbocycles. The van der Waals surface area contributed by atoms with Crippen LogP contribution < -0.4 is 0 Å². The summed E-state index contributed by atoms with van der Waals surface area (Å²) >= 11 is 0. The molecule has 1 unspecified atom stereocenters. The quantitative estimate of drug-likeness (QED) is 0.118. The summed E-state index contributed by atoms with van der Waals surface area (Å²) in [5.41, 5.74) is 0.998. The van der Waals surface area contributed by atoms with E-state index in [1.54, 1.807) is 13.8 Å². The second kappa shape index (κ2) is 12.0. The number of β-lactam (4-membered cyclic amide) rings is 1. The van der Waals surface area contributed by atoms with Gasteiger partial charge in [0.15, 0.2) is 0 Å². The zero-order valence-corrected chi connectivity index (χ0v) is 20.4. The SMILES string of the molecule is C=C(CC(=O)OC)C[C@@H]1[C@@H](C(C)OC(=O)OCc2ccc([N+](=O)[O-])cc2)C(=O)N1C(C(=O)O)=C(C)C. The standard InChI is InChI=1S/C24H28N2O10/c1-13(2)21(23(29)30)25-18(10-14(3)11-19(27)34-5)20(22(25)28)15(4)36-24(31)35-12-16-6-8-17(9-7-16)26(32)33/h6-9,15,18,20H,3,10-12H2,1-2,4-5H3,(H,29,30)/t15?,18-,20-/m1/s1. The van der Waals surface area contributed by atoms with Crippen molar-refractivity contribution in [3.8, 4) is 0 Å². The summed E-state index contributed by atoms with van der Waals surface area (Å²) in [6.07, 6.45) is -2.09. The summed E-state index contributed by atoms with van der Waals surface area (Å²) in [4.78, 5) is 60.0. The number of carboxylic acid groups (broad SMARTS) is 1. The Morgan fingerprint density at radius 3 is 2.33 bits per heavy atom. The van der Waals surface area contributed by atoms with Crippen LogP contribution in [-0.2, 0) is 35.2 Å². The molecule has 1 saturated heterocycles. The fraction of sp³-hybridized carbons (Fsp3) is 0.417. The Morgan fingerprint density at radius 2 is 1.83 bits per heavy atom. The molecule has 1 aromatic rings. The van der Waals surface area contributed by atoms with Gasteiger partial charge in [-0.15, -0.1) is 0 Å². The van der Waals surface area contributed by atoms with E-state index in [2.05, 4.69) is 11.3 Å². The van der Waals surface area contributed by atoms with Crippen molar-refractivity contribution in [1.29, 1.82) is 0 Å². The van der Waals surface area contributed by atoms with Gasteiger partial charge in [0, 0.05) is 12.1 Å². The number of methoxy groups -OCH3 is 1. The number of rotatable bonds is 11. The second-order valence-corrected chi connectivity index (χ2v) is 8.45. The molecule has 0 spiro atoms. The van der Waals surface area contributed by atoms with Gasteiger partial charge in [0.05, 0.1) is 30.4 Å². The minimum atomic E-state index is -1.29. The van der Waals surface area contributed by atoms with Crippen molar-refractivity contribution in [3.63, 3.8) is 0 Å². The average Bonchev–Trinajstić information content (AvgIpc) is 2.80. The lowest BCUT2D eigenvalue weighted by molar-refractivity contribution is -0.384. The Balaban J connectivity index is 2.11. The molecule has 0 aromatic heterocycles. The zero-order chi connectivity index (χ0) is 27.2. The number of hydrogen-bond acceptors (Lipinski definition) is 9. The third kappa shape index (κ3) is 6.68. The van der Waals surface area contributed by atoms with Crippen molar-refractivity contribution in [1.82, 2.24) is 4.90 Å². The molecule has 36 heavy (non-hydrogen) atoms. The molecule has 1 heterocycles. The van der Waals surface area contributed by atoms with E-state index in [4.69, 9.17) is 9.47 Å². The highest BCUT2D eigenvalue weighted by atomic mass is 16.7. The Labute approximate surface area is 207 Å². The maximum atomic E-state index is 13.0. The minimum Gasteiger partial charge on any atom is -0.477 e. The smallest absolute Gasteiger partial charge is 0.477 e. The number of nitrogens with zero attached hydrogens (tertiary/aromatic N) is 2. The predicted octanol–water partition coefficient (Wildman–Crippen LogP) is 3.35. The number of esters is 1. The highest BCUT2D eigenvalue weighted by Gasteiger charge is 2.54. The summed E-state index contributed by atoms with van der Waals surface area (Å²) < 4.78 is 15.0. The molecule has 12 nitrogen and oxygen atoms in total. The first-order valence-corrected chi connectivity index (χ1v) is 10.9. The van der Waals surface area contributed by atoms with Gasteiger partial charge in [-0.3, -0.25) is 19.7 Å². The van der Waals surface area contributed by atoms with Crippen molar-refractivity contribution in [3.05, 3.63) is 63.4 Å². The molecule has 194 valence electrons. The van der Waals surface area contributed by atoms with Crippen molar-refractivity contribution >= 4 is 29.7 Å². The fourth-order valence-electron chi connectivity index (χ4n) is 3.89. The van der Waals surface area contributed by atoms with E-state index >= 15 is 0 Å². The van der Waals surface area contributed by atoms with Crippen LogP contribution in [0.2, 0.25) is 0 Å².